The molecule has 0 aromatic rings. The predicted molar refractivity (Wildman–Crippen MR) is 52.7 cm³/mol. The van der Waals surface area contributed by atoms with E-state index in [-0.39, 0.29) is 5.41 Å². The molecule has 0 bridgehead atoms. The fourth-order valence-corrected chi connectivity index (χ4v) is 1.18. The Bertz CT molecular complexity index is 198. The van der Waals surface area contributed by atoms with Crippen LogP contribution in [0.2, 0.25) is 0 Å². The summed E-state index contributed by atoms with van der Waals surface area (Å²) in [6.07, 6.45) is 5.26. The van der Waals surface area contributed by atoms with Gasteiger partial charge in [0.15, 0.2) is 0 Å². The van der Waals surface area contributed by atoms with E-state index in [9.17, 15) is 0 Å². The number of hydrogen-bond donors (Lipinski definition) is 0. The molecule has 0 aromatic heterocycles. The summed E-state index contributed by atoms with van der Waals surface area (Å²) >= 11 is 0. The predicted octanol–water partition coefficient (Wildman–Crippen LogP) is 3.67. The van der Waals surface area contributed by atoms with Gasteiger partial charge < -0.3 is 0 Å². The molecule has 1 unspecified atom stereocenters. The van der Waals surface area contributed by atoms with Crippen LogP contribution in [-0.2, 0) is 0 Å². The Labute approximate surface area is 76.1 Å². The number of nitrogens with zero attached hydrogens (tertiary/aromatic N) is 1. The zero-order valence-corrected chi connectivity index (χ0v) is 8.65. The minimum atomic E-state index is -0.0699. The van der Waals surface area contributed by atoms with Gasteiger partial charge in [0.2, 0.25) is 0 Å². The third-order valence-corrected chi connectivity index (χ3v) is 2.24. The summed E-state index contributed by atoms with van der Waals surface area (Å²) in [5.74, 6) is 0. The summed E-state index contributed by atoms with van der Waals surface area (Å²) < 4.78 is 0. The maximum atomic E-state index is 8.76. The van der Waals surface area contributed by atoms with Gasteiger partial charge in [-0.3, -0.25) is 0 Å². The number of allylic oxidation sites excluding steroid dienone is 2. The third kappa shape index (κ3) is 3.09. The molecule has 1 aliphatic carbocycles. The second kappa shape index (κ2) is 4.98. The van der Waals surface area contributed by atoms with E-state index < -0.39 is 0 Å². The largest absolute Gasteiger partial charge is 0.198 e. The molecule has 68 valence electrons. The van der Waals surface area contributed by atoms with Crippen molar-refractivity contribution in [1.82, 2.24) is 0 Å². The van der Waals surface area contributed by atoms with Crippen LogP contribution in [0.3, 0.4) is 0 Å². The summed E-state index contributed by atoms with van der Waals surface area (Å²) in [5.41, 5.74) is 1.37. The Hall–Kier alpha value is -0.770. The molecule has 0 radical (unpaired) electrons. The van der Waals surface area contributed by atoms with E-state index in [1.54, 1.807) is 0 Å². The fourth-order valence-electron chi connectivity index (χ4n) is 1.18. The SMILES string of the molecule is CC.CC1=CCC(C)(C#N)CC1. The molecule has 0 amide bonds. The average Bonchev–Trinajstić information content (AvgIpc) is 2.14. The quantitative estimate of drug-likeness (QED) is 0.502. The van der Waals surface area contributed by atoms with Crippen molar-refractivity contribution in [3.8, 4) is 6.07 Å². The Morgan fingerprint density at radius 2 is 2.08 bits per heavy atom. The summed E-state index contributed by atoms with van der Waals surface area (Å²) in [6, 6.07) is 2.36. The van der Waals surface area contributed by atoms with Gasteiger partial charge in [0.05, 0.1) is 11.5 Å². The fraction of sp³-hybridized carbons (Fsp3) is 0.727. The van der Waals surface area contributed by atoms with Crippen molar-refractivity contribution in [3.63, 3.8) is 0 Å². The highest BCUT2D eigenvalue weighted by molar-refractivity contribution is 5.11. The summed E-state index contributed by atoms with van der Waals surface area (Å²) in [4.78, 5) is 0. The molecule has 0 saturated carbocycles. The van der Waals surface area contributed by atoms with E-state index in [2.05, 4.69) is 19.1 Å². The van der Waals surface area contributed by atoms with Crippen LogP contribution in [0, 0.1) is 16.7 Å². The van der Waals surface area contributed by atoms with Crippen molar-refractivity contribution >= 4 is 0 Å². The molecule has 1 nitrogen and oxygen atoms in total. The van der Waals surface area contributed by atoms with Crippen LogP contribution >= 0.6 is 0 Å². The van der Waals surface area contributed by atoms with Crippen molar-refractivity contribution in [2.45, 2.75) is 47.0 Å². The maximum Gasteiger partial charge on any atom is 0.0690 e. The van der Waals surface area contributed by atoms with E-state index in [4.69, 9.17) is 5.26 Å². The lowest BCUT2D eigenvalue weighted by atomic mass is 9.78. The van der Waals surface area contributed by atoms with Gasteiger partial charge in [0.25, 0.3) is 0 Å². The van der Waals surface area contributed by atoms with E-state index in [0.29, 0.717) is 0 Å². The lowest BCUT2D eigenvalue weighted by Gasteiger charge is -2.24. The average molecular weight is 165 g/mol. The van der Waals surface area contributed by atoms with Gasteiger partial charge in [-0.2, -0.15) is 5.26 Å². The summed E-state index contributed by atoms with van der Waals surface area (Å²) in [5, 5.41) is 8.76. The van der Waals surface area contributed by atoms with Crippen LogP contribution in [-0.4, -0.2) is 0 Å². The number of rotatable bonds is 0. The Morgan fingerprint density at radius 1 is 1.50 bits per heavy atom. The van der Waals surface area contributed by atoms with E-state index in [0.717, 1.165) is 19.3 Å². The zero-order chi connectivity index (χ0) is 9.61. The second-order valence-corrected chi connectivity index (χ2v) is 3.43. The molecular formula is C11H19N. The molecular weight excluding hydrogens is 146 g/mol. The lowest BCUT2D eigenvalue weighted by molar-refractivity contribution is 0.392. The lowest BCUT2D eigenvalue weighted by Crippen LogP contribution is -2.15. The highest BCUT2D eigenvalue weighted by Gasteiger charge is 2.24. The van der Waals surface area contributed by atoms with E-state index in [1.165, 1.54) is 5.57 Å². The second-order valence-electron chi connectivity index (χ2n) is 3.43. The summed E-state index contributed by atoms with van der Waals surface area (Å²) in [7, 11) is 0. The standard InChI is InChI=1S/C9H13N.C2H6/c1-8-3-5-9(2,7-10)6-4-8;1-2/h3H,4-6H2,1-2H3;1-2H3. The van der Waals surface area contributed by atoms with Crippen molar-refractivity contribution in [2.24, 2.45) is 5.41 Å². The Kier molecular flexibility index (Phi) is 4.66. The number of hydrogen-bond acceptors (Lipinski definition) is 1. The molecule has 0 aliphatic heterocycles. The van der Waals surface area contributed by atoms with Crippen molar-refractivity contribution in [3.05, 3.63) is 11.6 Å². The molecule has 0 spiro atoms. The van der Waals surface area contributed by atoms with Crippen LogP contribution in [0.15, 0.2) is 11.6 Å². The molecule has 0 aromatic carbocycles. The maximum absolute atomic E-state index is 8.76. The van der Waals surface area contributed by atoms with Gasteiger partial charge in [-0.05, 0) is 33.1 Å². The summed E-state index contributed by atoms with van der Waals surface area (Å²) in [6.45, 7) is 8.17. The van der Waals surface area contributed by atoms with Crippen LogP contribution < -0.4 is 0 Å². The van der Waals surface area contributed by atoms with Gasteiger partial charge in [-0.1, -0.05) is 25.5 Å². The molecule has 0 fully saturated rings. The van der Waals surface area contributed by atoms with E-state index >= 15 is 0 Å². The first-order valence-electron chi connectivity index (χ1n) is 4.73. The van der Waals surface area contributed by atoms with Gasteiger partial charge in [0, 0.05) is 0 Å². The molecule has 1 atom stereocenters. The third-order valence-electron chi connectivity index (χ3n) is 2.24. The van der Waals surface area contributed by atoms with Gasteiger partial charge in [-0.15, -0.1) is 0 Å². The molecule has 0 heterocycles. The highest BCUT2D eigenvalue weighted by Crippen LogP contribution is 2.33. The van der Waals surface area contributed by atoms with Crippen LogP contribution in [0.1, 0.15) is 47.0 Å². The molecule has 0 N–H and O–H groups in total. The monoisotopic (exact) mass is 165 g/mol. The van der Waals surface area contributed by atoms with Gasteiger partial charge >= 0.3 is 0 Å². The van der Waals surface area contributed by atoms with Crippen LogP contribution in [0.4, 0.5) is 0 Å². The molecule has 12 heavy (non-hydrogen) atoms. The molecule has 0 saturated heterocycles. The first kappa shape index (κ1) is 11.2. The van der Waals surface area contributed by atoms with Crippen molar-refractivity contribution in [2.75, 3.05) is 0 Å². The molecule has 1 rings (SSSR count). The smallest absolute Gasteiger partial charge is 0.0690 e. The van der Waals surface area contributed by atoms with Crippen molar-refractivity contribution < 1.29 is 0 Å². The van der Waals surface area contributed by atoms with Gasteiger partial charge in [0.1, 0.15) is 0 Å². The minimum absolute atomic E-state index is 0.0699. The topological polar surface area (TPSA) is 23.8 Å². The Balaban J connectivity index is 0.000000561. The first-order chi connectivity index (χ1) is 5.66. The van der Waals surface area contributed by atoms with Crippen LogP contribution in [0.5, 0.6) is 0 Å². The van der Waals surface area contributed by atoms with Gasteiger partial charge in [-0.25, -0.2) is 0 Å². The minimum Gasteiger partial charge on any atom is -0.198 e. The first-order valence-corrected chi connectivity index (χ1v) is 4.73. The Morgan fingerprint density at radius 3 is 2.42 bits per heavy atom. The van der Waals surface area contributed by atoms with E-state index in [1.807, 2.05) is 20.8 Å². The zero-order valence-electron chi connectivity index (χ0n) is 8.65. The van der Waals surface area contributed by atoms with Crippen molar-refractivity contribution in [1.29, 1.82) is 5.26 Å². The molecule has 1 heteroatoms. The highest BCUT2D eigenvalue weighted by atomic mass is 14.4. The normalized spacial score (nSPS) is 27.8. The number of nitriles is 1. The van der Waals surface area contributed by atoms with Crippen LogP contribution in [0.25, 0.3) is 0 Å². The molecule has 1 aliphatic rings.